The lowest BCUT2D eigenvalue weighted by Gasteiger charge is -2.16. The first-order chi connectivity index (χ1) is 7.04. The molecule has 0 saturated heterocycles. The Morgan fingerprint density at radius 3 is 2.27 bits per heavy atom. The number of aliphatic hydroxyl groups is 2. The fourth-order valence-electron chi connectivity index (χ4n) is 1.15. The van der Waals surface area contributed by atoms with Gasteiger partial charge >= 0.3 is 0 Å². The molecule has 15 heavy (non-hydrogen) atoms. The minimum absolute atomic E-state index is 0.0578. The third-order valence-corrected chi connectivity index (χ3v) is 2.11. The number of hydrogen-bond acceptors (Lipinski definition) is 3. The zero-order valence-electron chi connectivity index (χ0n) is 7.70. The highest BCUT2D eigenvalue weighted by atomic mass is 35.5. The topological polar surface area (TPSA) is 53.4 Å². The van der Waals surface area contributed by atoms with Gasteiger partial charge in [-0.25, -0.2) is 0 Å². The van der Waals surface area contributed by atoms with E-state index in [1.807, 2.05) is 0 Å². The molecule has 0 aliphatic carbocycles. The number of nitrogens with zero attached hydrogens (tertiary/aromatic N) is 1. The molecule has 1 heterocycles. The second-order valence-corrected chi connectivity index (χ2v) is 3.41. The lowest BCUT2D eigenvalue weighted by Crippen LogP contribution is -2.19. The molecule has 0 bridgehead atoms. The van der Waals surface area contributed by atoms with Crippen molar-refractivity contribution in [3.8, 4) is 0 Å². The Bertz CT molecular complexity index is 318. The van der Waals surface area contributed by atoms with Gasteiger partial charge in [-0.1, -0.05) is 0 Å². The van der Waals surface area contributed by atoms with Gasteiger partial charge in [0.05, 0.1) is 6.10 Å². The van der Waals surface area contributed by atoms with Crippen LogP contribution in [-0.2, 0) is 0 Å². The maximum Gasteiger partial charge on any atom is 0.215 e. The summed E-state index contributed by atoms with van der Waals surface area (Å²) in [6.07, 6.45) is -2.38. The second-order valence-electron chi connectivity index (χ2n) is 3.04. The Labute approximate surface area is 90.3 Å². The number of aromatic nitrogens is 1. The fourth-order valence-corrected chi connectivity index (χ4v) is 1.37. The van der Waals surface area contributed by atoms with Crippen LogP contribution in [-0.4, -0.2) is 27.2 Å². The van der Waals surface area contributed by atoms with E-state index in [1.165, 1.54) is 0 Å². The number of hydrogen-bond donors (Lipinski definition) is 2. The van der Waals surface area contributed by atoms with E-state index in [1.54, 1.807) is 0 Å². The van der Waals surface area contributed by atoms with E-state index in [0.717, 1.165) is 12.1 Å². The van der Waals surface area contributed by atoms with Gasteiger partial charge in [0.25, 0.3) is 0 Å². The molecular weight excluding hydrogens is 228 g/mol. The number of pyridine rings is 1. The molecule has 0 amide bonds. The van der Waals surface area contributed by atoms with Gasteiger partial charge in [0, 0.05) is 5.88 Å². The van der Waals surface area contributed by atoms with Crippen LogP contribution in [0.4, 0.5) is 8.78 Å². The summed E-state index contributed by atoms with van der Waals surface area (Å²) >= 11 is 5.36. The summed E-state index contributed by atoms with van der Waals surface area (Å²) in [5.74, 6) is -1.93. The van der Waals surface area contributed by atoms with Crippen molar-refractivity contribution in [1.82, 2.24) is 4.98 Å². The summed E-state index contributed by atoms with van der Waals surface area (Å²) in [5, 5.41) is 18.9. The molecule has 3 nitrogen and oxygen atoms in total. The standard InChI is InChI=1S/C9H10ClF2NO2/c10-2-1-6(14)9(15)5-3-7(11)13-8(12)4-5/h3-4,6,9,14-15H,1-2H2. The highest BCUT2D eigenvalue weighted by Crippen LogP contribution is 2.20. The molecular formula is C9H10ClF2NO2. The third-order valence-electron chi connectivity index (χ3n) is 1.90. The van der Waals surface area contributed by atoms with Crippen molar-refractivity contribution in [2.75, 3.05) is 5.88 Å². The van der Waals surface area contributed by atoms with Crippen molar-refractivity contribution in [3.63, 3.8) is 0 Å². The molecule has 0 fully saturated rings. The molecule has 2 N–H and O–H groups in total. The zero-order valence-corrected chi connectivity index (χ0v) is 8.46. The first kappa shape index (κ1) is 12.3. The van der Waals surface area contributed by atoms with Crippen LogP contribution in [0.1, 0.15) is 18.1 Å². The van der Waals surface area contributed by atoms with Gasteiger partial charge in [0.15, 0.2) is 0 Å². The monoisotopic (exact) mass is 237 g/mol. The van der Waals surface area contributed by atoms with Crippen LogP contribution in [0.15, 0.2) is 12.1 Å². The van der Waals surface area contributed by atoms with Crippen molar-refractivity contribution < 1.29 is 19.0 Å². The molecule has 0 spiro atoms. The summed E-state index contributed by atoms with van der Waals surface area (Å²) < 4.78 is 25.3. The molecule has 1 aromatic heterocycles. The normalized spacial score (nSPS) is 15.0. The van der Waals surface area contributed by atoms with Gasteiger partial charge < -0.3 is 10.2 Å². The highest BCUT2D eigenvalue weighted by Gasteiger charge is 2.19. The van der Waals surface area contributed by atoms with E-state index in [-0.39, 0.29) is 17.9 Å². The van der Waals surface area contributed by atoms with Gasteiger partial charge in [-0.3, -0.25) is 0 Å². The van der Waals surface area contributed by atoms with Gasteiger partial charge in [-0.15, -0.1) is 11.6 Å². The first-order valence-corrected chi connectivity index (χ1v) is 4.83. The van der Waals surface area contributed by atoms with Crippen LogP contribution in [0.2, 0.25) is 0 Å². The Hall–Kier alpha value is -0.780. The van der Waals surface area contributed by atoms with Crippen molar-refractivity contribution in [3.05, 3.63) is 29.6 Å². The molecule has 1 rings (SSSR count). The quantitative estimate of drug-likeness (QED) is 0.615. The van der Waals surface area contributed by atoms with E-state index >= 15 is 0 Å². The van der Waals surface area contributed by atoms with Crippen LogP contribution in [0.5, 0.6) is 0 Å². The van der Waals surface area contributed by atoms with Crippen molar-refractivity contribution in [1.29, 1.82) is 0 Å². The zero-order chi connectivity index (χ0) is 11.4. The Morgan fingerprint density at radius 1 is 1.27 bits per heavy atom. The lowest BCUT2D eigenvalue weighted by molar-refractivity contribution is 0.0165. The summed E-state index contributed by atoms with van der Waals surface area (Å²) in [5.41, 5.74) is -0.0578. The molecule has 2 atom stereocenters. The van der Waals surface area contributed by atoms with E-state index in [2.05, 4.69) is 4.98 Å². The maximum absolute atomic E-state index is 12.7. The predicted molar refractivity (Wildman–Crippen MR) is 50.5 cm³/mol. The van der Waals surface area contributed by atoms with Gasteiger partial charge in [0.1, 0.15) is 6.10 Å². The minimum Gasteiger partial charge on any atom is -0.390 e. The maximum atomic E-state index is 12.7. The predicted octanol–water partition coefficient (Wildman–Crippen LogP) is 1.38. The van der Waals surface area contributed by atoms with Crippen molar-refractivity contribution in [2.45, 2.75) is 18.6 Å². The molecule has 0 aliphatic heterocycles. The van der Waals surface area contributed by atoms with Crippen LogP contribution in [0, 0.1) is 11.9 Å². The van der Waals surface area contributed by atoms with Gasteiger partial charge in [-0.05, 0) is 24.1 Å². The summed E-state index contributed by atoms with van der Waals surface area (Å²) in [6, 6.07) is 1.73. The molecule has 6 heteroatoms. The van der Waals surface area contributed by atoms with Crippen molar-refractivity contribution >= 4 is 11.6 Å². The summed E-state index contributed by atoms with van der Waals surface area (Å²) in [7, 11) is 0. The van der Waals surface area contributed by atoms with Crippen LogP contribution >= 0.6 is 11.6 Å². The number of aliphatic hydroxyl groups excluding tert-OH is 2. The lowest BCUT2D eigenvalue weighted by atomic mass is 10.0. The highest BCUT2D eigenvalue weighted by molar-refractivity contribution is 6.17. The van der Waals surface area contributed by atoms with Crippen LogP contribution < -0.4 is 0 Å². The molecule has 2 unspecified atom stereocenters. The molecule has 1 aromatic rings. The van der Waals surface area contributed by atoms with Gasteiger partial charge in [0.2, 0.25) is 11.9 Å². The number of rotatable bonds is 4. The molecule has 0 aliphatic rings. The van der Waals surface area contributed by atoms with Crippen LogP contribution in [0.25, 0.3) is 0 Å². The summed E-state index contributed by atoms with van der Waals surface area (Å²) in [6.45, 7) is 0. The largest absolute Gasteiger partial charge is 0.390 e. The van der Waals surface area contributed by atoms with E-state index in [9.17, 15) is 19.0 Å². The molecule has 0 aromatic carbocycles. The van der Waals surface area contributed by atoms with Crippen LogP contribution in [0.3, 0.4) is 0 Å². The molecule has 0 saturated carbocycles. The fraction of sp³-hybridized carbons (Fsp3) is 0.444. The number of halogens is 3. The Morgan fingerprint density at radius 2 is 1.80 bits per heavy atom. The Kier molecular flexibility index (Phi) is 4.38. The number of alkyl halides is 1. The van der Waals surface area contributed by atoms with Gasteiger partial charge in [-0.2, -0.15) is 13.8 Å². The second kappa shape index (κ2) is 5.34. The molecule has 84 valence electrons. The average molecular weight is 238 g/mol. The SMILES string of the molecule is OC(CCCl)C(O)c1cc(F)nc(F)c1. The van der Waals surface area contributed by atoms with E-state index in [4.69, 9.17) is 11.6 Å². The van der Waals surface area contributed by atoms with E-state index < -0.39 is 24.1 Å². The minimum atomic E-state index is -1.37. The average Bonchev–Trinajstić information content (AvgIpc) is 2.15. The molecule has 0 radical (unpaired) electrons. The first-order valence-electron chi connectivity index (χ1n) is 4.29. The smallest absolute Gasteiger partial charge is 0.215 e. The summed E-state index contributed by atoms with van der Waals surface area (Å²) in [4.78, 5) is 2.87. The van der Waals surface area contributed by atoms with Crippen molar-refractivity contribution in [2.24, 2.45) is 0 Å². The Balaban J connectivity index is 2.85. The van der Waals surface area contributed by atoms with E-state index in [0.29, 0.717) is 0 Å². The third kappa shape index (κ3) is 3.37.